The standard InChI is InChI=1S/C22H23N5O4/c1-13-8-18(19(11-23-13)31-12-16-5-6-26(16)22(29)30)15-4-7-27-17(9-15)10-20(25-27)24-21(28)14-2-3-14/h4,7-11,14,16H,2-3,5-6,12H2,1H3,(H,29,30)(H,24,25,28)/t16-/m1/s1. The highest BCUT2D eigenvalue weighted by Gasteiger charge is 2.33. The Labute approximate surface area is 178 Å². The lowest BCUT2D eigenvalue weighted by Gasteiger charge is -2.38. The van der Waals surface area contributed by atoms with E-state index in [1.54, 1.807) is 10.7 Å². The fourth-order valence-corrected chi connectivity index (χ4v) is 3.74. The van der Waals surface area contributed by atoms with Crippen molar-refractivity contribution in [1.82, 2.24) is 19.5 Å². The molecule has 160 valence electrons. The summed E-state index contributed by atoms with van der Waals surface area (Å²) in [5, 5.41) is 16.5. The van der Waals surface area contributed by atoms with Gasteiger partial charge in [-0.15, -0.1) is 0 Å². The van der Waals surface area contributed by atoms with Gasteiger partial charge in [0, 0.05) is 36.0 Å². The third kappa shape index (κ3) is 3.90. The highest BCUT2D eigenvalue weighted by Crippen LogP contribution is 2.33. The van der Waals surface area contributed by atoms with Crippen molar-refractivity contribution in [2.45, 2.75) is 32.2 Å². The summed E-state index contributed by atoms with van der Waals surface area (Å²) >= 11 is 0. The number of nitrogens with zero attached hydrogens (tertiary/aromatic N) is 4. The number of rotatable bonds is 6. The number of aromatic nitrogens is 3. The van der Waals surface area contributed by atoms with Gasteiger partial charge in [-0.05, 0) is 49.9 Å². The molecule has 3 aromatic heterocycles. The molecule has 1 saturated heterocycles. The van der Waals surface area contributed by atoms with Crippen LogP contribution in [0.3, 0.4) is 0 Å². The summed E-state index contributed by atoms with van der Waals surface area (Å²) in [6.45, 7) is 2.74. The minimum atomic E-state index is -0.919. The number of anilines is 1. The van der Waals surface area contributed by atoms with Gasteiger partial charge in [-0.25, -0.2) is 9.31 Å². The zero-order valence-electron chi connectivity index (χ0n) is 17.1. The van der Waals surface area contributed by atoms with Crippen LogP contribution in [0.15, 0.2) is 36.7 Å². The number of amides is 2. The van der Waals surface area contributed by atoms with Crippen LogP contribution >= 0.6 is 0 Å². The first kappa shape index (κ1) is 19.3. The predicted octanol–water partition coefficient (Wildman–Crippen LogP) is 3.18. The maximum absolute atomic E-state index is 12.0. The Hall–Kier alpha value is -3.62. The molecule has 2 N–H and O–H groups in total. The first-order chi connectivity index (χ1) is 15.0. The molecule has 1 aliphatic carbocycles. The van der Waals surface area contributed by atoms with E-state index in [9.17, 15) is 14.7 Å². The first-order valence-corrected chi connectivity index (χ1v) is 10.4. The lowest BCUT2D eigenvalue weighted by Crippen LogP contribution is -2.53. The molecule has 0 radical (unpaired) electrons. The Kier molecular flexibility index (Phi) is 4.72. The second-order valence-electron chi connectivity index (χ2n) is 8.13. The van der Waals surface area contributed by atoms with Crippen molar-refractivity contribution in [3.8, 4) is 16.9 Å². The smallest absolute Gasteiger partial charge is 0.407 e. The molecule has 0 spiro atoms. The van der Waals surface area contributed by atoms with Gasteiger partial charge in [0.2, 0.25) is 5.91 Å². The molecule has 0 aromatic carbocycles. The largest absolute Gasteiger partial charge is 0.489 e. The molecule has 5 rings (SSSR count). The van der Waals surface area contributed by atoms with Crippen molar-refractivity contribution >= 4 is 23.3 Å². The fraction of sp³-hybridized carbons (Fsp3) is 0.364. The van der Waals surface area contributed by atoms with Crippen molar-refractivity contribution < 1.29 is 19.4 Å². The Balaban J connectivity index is 1.38. The highest BCUT2D eigenvalue weighted by atomic mass is 16.5. The van der Waals surface area contributed by atoms with Crippen molar-refractivity contribution in [2.75, 3.05) is 18.5 Å². The Morgan fingerprint density at radius 2 is 2.10 bits per heavy atom. The molecular weight excluding hydrogens is 398 g/mol. The van der Waals surface area contributed by atoms with Crippen LogP contribution in [-0.2, 0) is 4.79 Å². The minimum absolute atomic E-state index is 0.0236. The van der Waals surface area contributed by atoms with Gasteiger partial charge in [-0.3, -0.25) is 9.78 Å². The number of hydrogen-bond acceptors (Lipinski definition) is 5. The van der Waals surface area contributed by atoms with Gasteiger partial charge in [-0.2, -0.15) is 5.10 Å². The molecule has 1 saturated carbocycles. The van der Waals surface area contributed by atoms with Gasteiger partial charge in [-0.1, -0.05) is 0 Å². The molecule has 0 unspecified atom stereocenters. The SMILES string of the molecule is Cc1cc(-c2ccn3nc(NC(=O)C4CC4)cc3c2)c(OC[C@H]2CCN2C(=O)O)cn1. The average molecular weight is 421 g/mol. The summed E-state index contributed by atoms with van der Waals surface area (Å²) in [6, 6.07) is 7.57. The van der Waals surface area contributed by atoms with Gasteiger partial charge >= 0.3 is 6.09 Å². The molecule has 2 aliphatic rings. The van der Waals surface area contributed by atoms with Crippen molar-refractivity contribution in [3.05, 3.63) is 42.4 Å². The van der Waals surface area contributed by atoms with E-state index in [2.05, 4.69) is 15.4 Å². The van der Waals surface area contributed by atoms with E-state index in [0.717, 1.165) is 41.6 Å². The quantitative estimate of drug-likeness (QED) is 0.633. The average Bonchev–Trinajstić information content (AvgIpc) is 3.48. The number of carboxylic acid groups (broad SMARTS) is 1. The Morgan fingerprint density at radius 3 is 2.81 bits per heavy atom. The van der Waals surface area contributed by atoms with E-state index < -0.39 is 6.09 Å². The highest BCUT2D eigenvalue weighted by molar-refractivity contribution is 5.93. The summed E-state index contributed by atoms with van der Waals surface area (Å²) in [4.78, 5) is 28.9. The molecule has 31 heavy (non-hydrogen) atoms. The number of fused-ring (bicyclic) bond motifs is 1. The van der Waals surface area contributed by atoms with E-state index in [1.807, 2.05) is 37.4 Å². The number of hydrogen-bond donors (Lipinski definition) is 2. The summed E-state index contributed by atoms with van der Waals surface area (Å²) in [5.41, 5.74) is 3.50. The van der Waals surface area contributed by atoms with Crippen molar-refractivity contribution in [1.29, 1.82) is 0 Å². The van der Waals surface area contributed by atoms with Crippen LogP contribution in [-0.4, -0.2) is 55.8 Å². The summed E-state index contributed by atoms with van der Waals surface area (Å²) in [7, 11) is 0. The zero-order chi connectivity index (χ0) is 21.5. The lowest BCUT2D eigenvalue weighted by atomic mass is 10.0. The molecular formula is C22H23N5O4. The molecule has 4 heterocycles. The van der Waals surface area contributed by atoms with Crippen LogP contribution < -0.4 is 10.1 Å². The summed E-state index contributed by atoms with van der Waals surface area (Å²) in [6.07, 6.45) is 5.28. The minimum Gasteiger partial charge on any atom is -0.489 e. The number of ether oxygens (including phenoxy) is 1. The molecule has 9 nitrogen and oxygen atoms in total. The van der Waals surface area contributed by atoms with Crippen LogP contribution in [0, 0.1) is 12.8 Å². The predicted molar refractivity (Wildman–Crippen MR) is 113 cm³/mol. The van der Waals surface area contributed by atoms with E-state index in [0.29, 0.717) is 18.1 Å². The Bertz CT molecular complexity index is 1170. The Morgan fingerprint density at radius 1 is 1.26 bits per heavy atom. The van der Waals surface area contributed by atoms with Crippen LogP contribution in [0.1, 0.15) is 25.0 Å². The normalized spacial score (nSPS) is 18.0. The topological polar surface area (TPSA) is 109 Å². The maximum Gasteiger partial charge on any atom is 0.407 e. The van der Waals surface area contributed by atoms with Crippen LogP contribution in [0.25, 0.3) is 16.6 Å². The fourth-order valence-electron chi connectivity index (χ4n) is 3.74. The monoisotopic (exact) mass is 421 g/mol. The summed E-state index contributed by atoms with van der Waals surface area (Å²) < 4.78 is 7.71. The van der Waals surface area contributed by atoms with E-state index in [1.165, 1.54) is 4.90 Å². The number of carbonyl (C=O) groups excluding carboxylic acids is 1. The van der Waals surface area contributed by atoms with Crippen molar-refractivity contribution in [3.63, 3.8) is 0 Å². The molecule has 0 bridgehead atoms. The van der Waals surface area contributed by atoms with E-state index in [4.69, 9.17) is 4.74 Å². The number of carbonyl (C=O) groups is 2. The second kappa shape index (κ2) is 7.57. The lowest BCUT2D eigenvalue weighted by molar-refractivity contribution is -0.117. The third-order valence-corrected chi connectivity index (χ3v) is 5.80. The van der Waals surface area contributed by atoms with Gasteiger partial charge < -0.3 is 20.1 Å². The van der Waals surface area contributed by atoms with Gasteiger partial charge in [0.15, 0.2) is 5.82 Å². The number of nitrogens with one attached hydrogen (secondary N) is 1. The molecule has 1 atom stereocenters. The summed E-state index contributed by atoms with van der Waals surface area (Å²) in [5.74, 6) is 1.28. The maximum atomic E-state index is 12.0. The first-order valence-electron chi connectivity index (χ1n) is 10.4. The van der Waals surface area contributed by atoms with Crippen LogP contribution in [0.5, 0.6) is 5.75 Å². The molecule has 2 fully saturated rings. The molecule has 1 aliphatic heterocycles. The van der Waals surface area contributed by atoms with Gasteiger partial charge in [0.05, 0.1) is 17.8 Å². The molecule has 3 aromatic rings. The van der Waals surface area contributed by atoms with Crippen molar-refractivity contribution in [2.24, 2.45) is 5.92 Å². The number of likely N-dealkylation sites (tertiary alicyclic amines) is 1. The van der Waals surface area contributed by atoms with Crippen LogP contribution in [0.2, 0.25) is 0 Å². The van der Waals surface area contributed by atoms with Gasteiger partial charge in [0.25, 0.3) is 0 Å². The van der Waals surface area contributed by atoms with E-state index >= 15 is 0 Å². The third-order valence-electron chi connectivity index (χ3n) is 5.80. The number of pyridine rings is 2. The second-order valence-corrected chi connectivity index (χ2v) is 8.13. The molecule has 9 heteroatoms. The zero-order valence-corrected chi connectivity index (χ0v) is 17.1. The van der Waals surface area contributed by atoms with Crippen LogP contribution in [0.4, 0.5) is 10.6 Å². The number of aryl methyl sites for hydroxylation is 1. The van der Waals surface area contributed by atoms with Gasteiger partial charge in [0.1, 0.15) is 12.4 Å². The molecule has 2 amide bonds. The van der Waals surface area contributed by atoms with E-state index in [-0.39, 0.29) is 24.5 Å².